The van der Waals surface area contributed by atoms with Gasteiger partial charge in [-0.1, -0.05) is 103 Å². The van der Waals surface area contributed by atoms with E-state index in [0.717, 1.165) is 22.3 Å². The van der Waals surface area contributed by atoms with Crippen LogP contribution in [0.2, 0.25) is 0 Å². The number of carbonyl (C=O) groups is 1. The number of nitriles is 1. The molecule has 0 bridgehead atoms. The molecule has 1 aliphatic carbocycles. The Morgan fingerprint density at radius 2 is 1.32 bits per heavy atom. The van der Waals surface area contributed by atoms with E-state index in [-0.39, 0.29) is 50.8 Å². The summed E-state index contributed by atoms with van der Waals surface area (Å²) in [5.41, 5.74) is 3.34. The van der Waals surface area contributed by atoms with Crippen molar-refractivity contribution in [3.8, 4) is 28.7 Å². The predicted octanol–water partition coefficient (Wildman–Crippen LogP) is 8.86. The number of aromatic nitrogens is 2. The van der Waals surface area contributed by atoms with Crippen molar-refractivity contribution < 1.29 is 47.4 Å². The molecule has 17 heteroatoms. The molecule has 0 saturated carbocycles. The number of aromatic amines is 1. The van der Waals surface area contributed by atoms with E-state index < -0.39 is 62.0 Å². The summed E-state index contributed by atoms with van der Waals surface area (Å²) in [5.74, 6) is 0.981. The van der Waals surface area contributed by atoms with Crippen LogP contribution >= 0.6 is 8.53 Å². The number of carbonyl (C=O) groups excluding carboxylic acids is 1. The van der Waals surface area contributed by atoms with E-state index in [0.29, 0.717) is 28.2 Å². The summed E-state index contributed by atoms with van der Waals surface area (Å²) in [6, 6.07) is 43.3. The summed E-state index contributed by atoms with van der Waals surface area (Å²) in [5, 5.41) is 23.4. The van der Waals surface area contributed by atoms with Crippen LogP contribution in [-0.2, 0) is 33.4 Å². The van der Waals surface area contributed by atoms with Gasteiger partial charge in [0, 0.05) is 30.3 Å². The Bertz CT molecular complexity index is 2840. The average Bonchev–Trinajstić information content (AvgIpc) is 3.92. The van der Waals surface area contributed by atoms with E-state index in [4.69, 9.17) is 37.5 Å². The van der Waals surface area contributed by atoms with Gasteiger partial charge in [-0.15, -0.1) is 0 Å². The van der Waals surface area contributed by atoms with Crippen LogP contribution < -0.4 is 20.7 Å². The molecule has 382 valence electrons. The summed E-state index contributed by atoms with van der Waals surface area (Å²) in [7, 11) is 1.08. The summed E-state index contributed by atoms with van der Waals surface area (Å²) in [4.78, 5) is 42.1. The summed E-state index contributed by atoms with van der Waals surface area (Å²) in [6.45, 7) is 7.51. The molecule has 1 aromatic heterocycles. The lowest BCUT2D eigenvalue weighted by Crippen LogP contribution is -2.53. The van der Waals surface area contributed by atoms with Gasteiger partial charge in [0.05, 0.1) is 45.3 Å². The predicted molar refractivity (Wildman–Crippen MR) is 274 cm³/mol. The number of aliphatic hydroxyl groups is 1. The molecule has 1 fully saturated rings. The normalized spacial score (nSPS) is 18.3. The maximum Gasteiger partial charge on any atom is 0.508 e. The molecule has 73 heavy (non-hydrogen) atoms. The van der Waals surface area contributed by atoms with Crippen LogP contribution in [0.5, 0.6) is 11.5 Å². The molecule has 0 amide bonds. The zero-order valence-electron chi connectivity index (χ0n) is 41.7. The third-order valence-electron chi connectivity index (χ3n) is 13.2. The standard InChI is InChI=1S/C56H61N4O12P/c1-36(2)60(37(3)4)73(70-32-14-30-57)72-49-50(52(62)56(38-15-8-7-9-16-38,39-21-25-41(65-5)26-22-39)40-23-27-42(66-6)28-24-40)71-53(59-31-29-48(61)58-54(59)63)51(49)67-33-34-68-55(64)69-35-47-45-19-12-10-17-43(45)44-18-11-13-20-46(44)47/h7-13,15-29,31,36-37,47,49-53,62H,14,32-35H2,1-6H3,(H,58,61,63)/t49-,50+,51-,52?,53-,73?/m1/s1. The molecule has 0 radical (unpaired) electrons. The molecule has 2 unspecified atom stereocenters. The van der Waals surface area contributed by atoms with Gasteiger partial charge < -0.3 is 42.6 Å². The Labute approximate surface area is 425 Å². The first-order chi connectivity index (χ1) is 35.4. The number of ether oxygens (including phenoxy) is 6. The fraction of sp³-hybridized carbons (Fsp3) is 0.357. The molecule has 6 atom stereocenters. The molecule has 1 aliphatic heterocycles. The molecular formula is C56H61N4O12P. The largest absolute Gasteiger partial charge is 0.508 e. The Morgan fingerprint density at radius 3 is 1.86 bits per heavy atom. The minimum Gasteiger partial charge on any atom is -0.497 e. The highest BCUT2D eigenvalue weighted by Gasteiger charge is 2.58. The van der Waals surface area contributed by atoms with Crippen LogP contribution in [-0.4, -0.2) is 103 Å². The number of H-pyrrole nitrogens is 1. The first-order valence-electron chi connectivity index (χ1n) is 24.2. The number of hydrogen-bond acceptors (Lipinski definition) is 14. The van der Waals surface area contributed by atoms with Crippen LogP contribution in [0.15, 0.2) is 149 Å². The number of benzene rings is 5. The van der Waals surface area contributed by atoms with Crippen molar-refractivity contribution in [2.45, 2.75) is 88.2 Å². The molecule has 16 nitrogen and oxygen atoms in total. The Hall–Kier alpha value is -6.67. The lowest BCUT2D eigenvalue weighted by molar-refractivity contribution is -0.102. The van der Waals surface area contributed by atoms with Crippen LogP contribution in [0, 0.1) is 11.3 Å². The van der Waals surface area contributed by atoms with Gasteiger partial charge in [0.15, 0.2) is 6.23 Å². The van der Waals surface area contributed by atoms with Crippen molar-refractivity contribution in [1.82, 2.24) is 14.2 Å². The van der Waals surface area contributed by atoms with Gasteiger partial charge in [0.1, 0.15) is 49.1 Å². The minimum absolute atomic E-state index is 0.0207. The molecule has 2 N–H and O–H groups in total. The van der Waals surface area contributed by atoms with Gasteiger partial charge >= 0.3 is 11.8 Å². The Morgan fingerprint density at radius 1 is 0.753 bits per heavy atom. The number of nitrogens with zero attached hydrogens (tertiary/aromatic N) is 3. The number of aliphatic hydroxyl groups excluding tert-OH is 1. The molecule has 6 aromatic rings. The second kappa shape index (κ2) is 23.9. The number of hydrogen-bond donors (Lipinski definition) is 2. The van der Waals surface area contributed by atoms with Crippen molar-refractivity contribution in [3.05, 3.63) is 188 Å². The highest BCUT2D eigenvalue weighted by atomic mass is 31.2. The Kier molecular flexibility index (Phi) is 17.2. The topological polar surface area (TPSA) is 193 Å². The summed E-state index contributed by atoms with van der Waals surface area (Å²) in [6.07, 6.45) is -6.34. The first kappa shape index (κ1) is 52.6. The van der Waals surface area contributed by atoms with Crippen LogP contribution in [0.4, 0.5) is 4.79 Å². The molecule has 0 spiro atoms. The van der Waals surface area contributed by atoms with Gasteiger partial charge in [0.2, 0.25) is 0 Å². The molecular weight excluding hydrogens is 952 g/mol. The molecule has 5 aromatic carbocycles. The zero-order valence-corrected chi connectivity index (χ0v) is 42.6. The van der Waals surface area contributed by atoms with E-state index >= 15 is 0 Å². The lowest BCUT2D eigenvalue weighted by atomic mass is 9.64. The van der Waals surface area contributed by atoms with E-state index in [1.807, 2.05) is 148 Å². The monoisotopic (exact) mass is 1010 g/mol. The molecule has 2 heterocycles. The quantitative estimate of drug-likeness (QED) is 0.0284. The van der Waals surface area contributed by atoms with Gasteiger partial charge in [-0.05, 0) is 90.9 Å². The van der Waals surface area contributed by atoms with Crippen LogP contribution in [0.3, 0.4) is 0 Å². The van der Waals surface area contributed by atoms with Gasteiger partial charge in [-0.25, -0.2) is 14.3 Å². The van der Waals surface area contributed by atoms with Gasteiger partial charge in [-0.2, -0.15) is 5.26 Å². The average molecular weight is 1010 g/mol. The van der Waals surface area contributed by atoms with E-state index in [2.05, 4.69) is 23.2 Å². The van der Waals surface area contributed by atoms with Crippen molar-refractivity contribution in [2.75, 3.05) is 40.6 Å². The maximum absolute atomic E-state index is 13.9. The fourth-order valence-electron chi connectivity index (χ4n) is 10.1. The number of fused-ring (bicyclic) bond motifs is 3. The molecule has 1 saturated heterocycles. The highest BCUT2D eigenvalue weighted by Crippen LogP contribution is 2.54. The second-order valence-electron chi connectivity index (χ2n) is 18.2. The SMILES string of the molecule is COc1ccc(C(c2ccccc2)(c2ccc(OC)cc2)C(O)[C@H]2O[C@@H](n3ccc(=O)[nH]c3=O)[C@H](OCCOC(=O)OCC3c4ccccc4-c4ccccc43)[C@@H]2OP(OCCC#N)N(C(C)C)C(C)C)cc1. The van der Waals surface area contributed by atoms with Gasteiger partial charge in [-0.3, -0.25) is 14.3 Å². The van der Waals surface area contributed by atoms with E-state index in [9.17, 15) is 24.8 Å². The first-order valence-corrected chi connectivity index (χ1v) is 25.4. The van der Waals surface area contributed by atoms with Crippen molar-refractivity contribution in [1.29, 1.82) is 5.26 Å². The van der Waals surface area contributed by atoms with Crippen LogP contribution in [0.1, 0.15) is 74.1 Å². The lowest BCUT2D eigenvalue weighted by Gasteiger charge is -2.44. The molecule has 2 aliphatic rings. The number of nitrogens with one attached hydrogen (secondary N) is 1. The van der Waals surface area contributed by atoms with Crippen molar-refractivity contribution in [3.63, 3.8) is 0 Å². The zero-order chi connectivity index (χ0) is 51.6. The smallest absolute Gasteiger partial charge is 0.497 e. The number of rotatable bonds is 22. The van der Waals surface area contributed by atoms with Crippen LogP contribution in [0.25, 0.3) is 11.1 Å². The Balaban J connectivity index is 1.19. The highest BCUT2D eigenvalue weighted by molar-refractivity contribution is 7.44. The fourth-order valence-corrected chi connectivity index (χ4v) is 11.8. The minimum atomic E-state index is -2.06. The molecule has 8 rings (SSSR count). The van der Waals surface area contributed by atoms with E-state index in [1.54, 1.807) is 14.2 Å². The van der Waals surface area contributed by atoms with Gasteiger partial charge in [0.25, 0.3) is 14.1 Å². The van der Waals surface area contributed by atoms with Crippen molar-refractivity contribution in [2.24, 2.45) is 0 Å². The third kappa shape index (κ3) is 11.1. The number of methoxy groups -OCH3 is 2. The third-order valence-corrected chi connectivity index (χ3v) is 15.4. The summed E-state index contributed by atoms with van der Waals surface area (Å²) < 4.78 is 53.1. The summed E-state index contributed by atoms with van der Waals surface area (Å²) >= 11 is 0. The van der Waals surface area contributed by atoms with E-state index in [1.165, 1.54) is 16.8 Å². The van der Waals surface area contributed by atoms with Crippen molar-refractivity contribution >= 4 is 14.7 Å². The maximum atomic E-state index is 13.9. The second-order valence-corrected chi connectivity index (χ2v) is 19.6.